The second-order valence-corrected chi connectivity index (χ2v) is 5.46. The number of nitrogens with one attached hydrogen (secondary N) is 1. The summed E-state index contributed by atoms with van der Waals surface area (Å²) in [4.78, 5) is 10.6. The zero-order valence-corrected chi connectivity index (χ0v) is 11.4. The van der Waals surface area contributed by atoms with Crippen LogP contribution in [0.15, 0.2) is 22.7 Å². The van der Waals surface area contributed by atoms with Crippen molar-refractivity contribution in [2.75, 3.05) is 11.9 Å². The van der Waals surface area contributed by atoms with E-state index in [-0.39, 0.29) is 24.3 Å². The maximum Gasteiger partial charge on any atom is 0.292 e. The molecule has 0 aromatic heterocycles. The summed E-state index contributed by atoms with van der Waals surface area (Å²) in [6.07, 6.45) is 2.95. The highest BCUT2D eigenvalue weighted by molar-refractivity contribution is 9.10. The first kappa shape index (κ1) is 13.3. The van der Waals surface area contributed by atoms with Crippen molar-refractivity contribution >= 4 is 27.3 Å². The molecular weight excluding hydrogens is 300 g/mol. The molecule has 2 N–H and O–H groups in total. The summed E-state index contributed by atoms with van der Waals surface area (Å²) in [6.45, 7) is 0.124. The molecule has 18 heavy (non-hydrogen) atoms. The molecule has 2 unspecified atom stereocenters. The smallest absolute Gasteiger partial charge is 0.292 e. The van der Waals surface area contributed by atoms with E-state index in [0.29, 0.717) is 5.69 Å². The van der Waals surface area contributed by atoms with Crippen molar-refractivity contribution in [3.05, 3.63) is 32.8 Å². The molecule has 0 heterocycles. The summed E-state index contributed by atoms with van der Waals surface area (Å²) in [6, 6.07) is 4.96. The fourth-order valence-corrected chi connectivity index (χ4v) is 2.79. The normalized spacial score (nSPS) is 23.0. The lowest BCUT2D eigenvalue weighted by Crippen LogP contribution is -2.26. The highest BCUT2D eigenvalue weighted by Gasteiger charge is 2.28. The van der Waals surface area contributed by atoms with Gasteiger partial charge >= 0.3 is 0 Å². The number of anilines is 1. The zero-order chi connectivity index (χ0) is 13.1. The van der Waals surface area contributed by atoms with Gasteiger partial charge in [-0.1, -0.05) is 22.4 Å². The molecule has 1 fully saturated rings. The Kier molecular flexibility index (Phi) is 4.19. The number of nitro benzene ring substituents is 1. The van der Waals surface area contributed by atoms with Crippen molar-refractivity contribution < 1.29 is 10.0 Å². The monoisotopic (exact) mass is 314 g/mol. The first-order chi connectivity index (χ1) is 8.61. The van der Waals surface area contributed by atoms with E-state index in [1.807, 2.05) is 0 Å². The molecule has 2 atom stereocenters. The van der Waals surface area contributed by atoms with Crippen molar-refractivity contribution in [1.29, 1.82) is 0 Å². The molecule has 0 aliphatic heterocycles. The third-order valence-corrected chi connectivity index (χ3v) is 3.88. The van der Waals surface area contributed by atoms with E-state index >= 15 is 0 Å². The number of nitro groups is 1. The van der Waals surface area contributed by atoms with E-state index in [1.165, 1.54) is 6.07 Å². The van der Waals surface area contributed by atoms with Gasteiger partial charge in [-0.3, -0.25) is 10.1 Å². The van der Waals surface area contributed by atoms with Crippen LogP contribution >= 0.6 is 15.9 Å². The number of hydrogen-bond acceptors (Lipinski definition) is 4. The van der Waals surface area contributed by atoms with Crippen LogP contribution in [0.1, 0.15) is 19.3 Å². The molecular formula is C12H15BrN2O3. The molecule has 1 aliphatic rings. The number of nitrogens with zero attached hydrogens (tertiary/aromatic N) is 1. The van der Waals surface area contributed by atoms with Crippen LogP contribution in [-0.4, -0.2) is 22.7 Å². The van der Waals surface area contributed by atoms with Gasteiger partial charge in [0, 0.05) is 29.1 Å². The van der Waals surface area contributed by atoms with Gasteiger partial charge in [-0.15, -0.1) is 0 Å². The van der Waals surface area contributed by atoms with Gasteiger partial charge in [-0.05, 0) is 25.0 Å². The third-order valence-electron chi connectivity index (χ3n) is 3.39. The molecule has 0 spiro atoms. The Morgan fingerprint density at radius 1 is 1.50 bits per heavy atom. The minimum atomic E-state index is -0.391. The average molecular weight is 315 g/mol. The topological polar surface area (TPSA) is 75.4 Å². The van der Waals surface area contributed by atoms with E-state index in [2.05, 4.69) is 21.2 Å². The van der Waals surface area contributed by atoms with Crippen LogP contribution in [0, 0.1) is 16.0 Å². The highest BCUT2D eigenvalue weighted by atomic mass is 79.9. The van der Waals surface area contributed by atoms with E-state index in [4.69, 9.17) is 0 Å². The van der Waals surface area contributed by atoms with Crippen molar-refractivity contribution in [2.45, 2.75) is 25.3 Å². The predicted octanol–water partition coefficient (Wildman–Crippen LogP) is 2.93. The van der Waals surface area contributed by atoms with Gasteiger partial charge in [-0.2, -0.15) is 0 Å². The molecule has 6 heteroatoms. The molecule has 2 rings (SSSR count). The van der Waals surface area contributed by atoms with Crippen LogP contribution in [0.25, 0.3) is 0 Å². The fraction of sp³-hybridized carbons (Fsp3) is 0.500. The van der Waals surface area contributed by atoms with Crippen molar-refractivity contribution in [1.82, 2.24) is 0 Å². The standard InChI is InChI=1S/C12H15BrN2O3/c13-9-4-5-12(15(17)18)11(6-9)14-10-3-1-2-8(10)7-16/h4-6,8,10,14,16H,1-3,7H2. The number of halogens is 1. The number of hydrogen-bond donors (Lipinski definition) is 2. The third kappa shape index (κ3) is 2.81. The van der Waals surface area contributed by atoms with Gasteiger partial charge in [0.2, 0.25) is 0 Å². The van der Waals surface area contributed by atoms with Gasteiger partial charge in [0.05, 0.1) is 4.92 Å². The number of benzene rings is 1. The second-order valence-electron chi connectivity index (χ2n) is 4.54. The molecule has 1 aromatic carbocycles. The van der Waals surface area contributed by atoms with Gasteiger partial charge in [0.15, 0.2) is 0 Å². The van der Waals surface area contributed by atoms with Gasteiger partial charge in [0.1, 0.15) is 5.69 Å². The van der Waals surface area contributed by atoms with E-state index in [9.17, 15) is 15.2 Å². The lowest BCUT2D eigenvalue weighted by atomic mass is 10.0. The summed E-state index contributed by atoms with van der Waals surface area (Å²) in [5.74, 6) is 0.184. The number of aliphatic hydroxyl groups excluding tert-OH is 1. The molecule has 0 amide bonds. The summed E-state index contributed by atoms with van der Waals surface area (Å²) >= 11 is 3.32. The van der Waals surface area contributed by atoms with Crippen molar-refractivity contribution in [2.24, 2.45) is 5.92 Å². The summed E-state index contributed by atoms with van der Waals surface area (Å²) in [7, 11) is 0. The predicted molar refractivity (Wildman–Crippen MR) is 72.6 cm³/mol. The van der Waals surface area contributed by atoms with E-state index in [0.717, 1.165) is 23.7 Å². The number of rotatable bonds is 4. The maximum absolute atomic E-state index is 11.0. The minimum absolute atomic E-state index is 0.0711. The molecule has 0 bridgehead atoms. The second kappa shape index (κ2) is 5.67. The first-order valence-corrected chi connectivity index (χ1v) is 6.72. The lowest BCUT2D eigenvalue weighted by Gasteiger charge is -2.20. The number of aliphatic hydroxyl groups is 1. The van der Waals surface area contributed by atoms with Crippen LogP contribution in [0.4, 0.5) is 11.4 Å². The minimum Gasteiger partial charge on any atom is -0.396 e. The van der Waals surface area contributed by atoms with Crippen LogP contribution in [0.3, 0.4) is 0 Å². The molecule has 1 aliphatic carbocycles. The summed E-state index contributed by atoms with van der Waals surface area (Å²) in [5.41, 5.74) is 0.585. The van der Waals surface area contributed by atoms with Crippen LogP contribution < -0.4 is 5.32 Å². The van der Waals surface area contributed by atoms with E-state index in [1.54, 1.807) is 12.1 Å². The van der Waals surface area contributed by atoms with Crippen molar-refractivity contribution in [3.8, 4) is 0 Å². The Labute approximate surface area is 113 Å². The van der Waals surface area contributed by atoms with Gasteiger partial charge < -0.3 is 10.4 Å². The van der Waals surface area contributed by atoms with Crippen LogP contribution in [0.2, 0.25) is 0 Å². The zero-order valence-electron chi connectivity index (χ0n) is 9.80. The average Bonchev–Trinajstić information content (AvgIpc) is 2.76. The summed E-state index contributed by atoms with van der Waals surface area (Å²) < 4.78 is 0.800. The van der Waals surface area contributed by atoms with Crippen molar-refractivity contribution in [3.63, 3.8) is 0 Å². The lowest BCUT2D eigenvalue weighted by molar-refractivity contribution is -0.384. The van der Waals surface area contributed by atoms with E-state index < -0.39 is 4.92 Å². The van der Waals surface area contributed by atoms with Gasteiger partial charge in [0.25, 0.3) is 5.69 Å². The molecule has 5 nitrogen and oxygen atoms in total. The molecule has 0 radical (unpaired) electrons. The van der Waals surface area contributed by atoms with Crippen LogP contribution in [-0.2, 0) is 0 Å². The quantitative estimate of drug-likeness (QED) is 0.662. The largest absolute Gasteiger partial charge is 0.396 e. The Morgan fingerprint density at radius 3 is 2.94 bits per heavy atom. The first-order valence-electron chi connectivity index (χ1n) is 5.93. The maximum atomic E-state index is 11.0. The molecule has 1 aromatic rings. The Morgan fingerprint density at radius 2 is 2.28 bits per heavy atom. The SMILES string of the molecule is O=[N+]([O-])c1ccc(Br)cc1NC1CCCC1CO. The van der Waals surface area contributed by atoms with Crippen LogP contribution in [0.5, 0.6) is 0 Å². The molecule has 0 saturated heterocycles. The molecule has 98 valence electrons. The Bertz CT molecular complexity index is 453. The fourth-order valence-electron chi connectivity index (χ4n) is 2.43. The van der Waals surface area contributed by atoms with Gasteiger partial charge in [-0.25, -0.2) is 0 Å². The Balaban J connectivity index is 2.22. The molecule has 1 saturated carbocycles. The highest BCUT2D eigenvalue weighted by Crippen LogP contribution is 2.33. The Hall–Kier alpha value is -1.14. The summed E-state index contributed by atoms with van der Waals surface area (Å²) in [5, 5.41) is 23.4.